The zero-order valence-electron chi connectivity index (χ0n) is 12.1. The van der Waals surface area contributed by atoms with Gasteiger partial charge in [-0.15, -0.1) is 0 Å². The number of hydrogen-bond donors (Lipinski definition) is 0. The maximum Gasteiger partial charge on any atom is 0.316 e. The summed E-state index contributed by atoms with van der Waals surface area (Å²) in [5, 5.41) is 11.3. The lowest BCUT2D eigenvalue weighted by Crippen LogP contribution is -2.03. The van der Waals surface area contributed by atoms with Crippen LogP contribution in [-0.4, -0.2) is 22.0 Å². The molecule has 0 amide bonds. The molecule has 7 heteroatoms. The highest BCUT2D eigenvalue weighted by molar-refractivity contribution is 6.28. The van der Waals surface area contributed by atoms with Gasteiger partial charge in [-0.25, -0.2) is 9.97 Å². The number of halogens is 1. The highest BCUT2D eigenvalue weighted by atomic mass is 35.5. The Balaban J connectivity index is 2.85. The molecular weight excluding hydrogens is 294 g/mol. The Labute approximate surface area is 126 Å². The highest BCUT2D eigenvalue weighted by Crippen LogP contribution is 2.39. The number of methoxy groups -OCH3 is 1. The Hall–Kier alpha value is -2.21. The molecule has 0 atom stereocenters. The zero-order chi connectivity index (χ0) is 15.7. The molecule has 0 spiro atoms. The Bertz CT molecular complexity index is 732. The number of aryl methyl sites for hydroxylation is 2. The molecule has 0 radical (unpaired) electrons. The van der Waals surface area contributed by atoms with E-state index in [1.54, 1.807) is 6.07 Å². The summed E-state index contributed by atoms with van der Waals surface area (Å²) in [5.74, 6) is 0.548. The van der Waals surface area contributed by atoms with Gasteiger partial charge < -0.3 is 4.74 Å². The van der Waals surface area contributed by atoms with Gasteiger partial charge in [0.25, 0.3) is 0 Å². The number of rotatable bonds is 3. The van der Waals surface area contributed by atoms with Crippen LogP contribution in [0.15, 0.2) is 12.1 Å². The van der Waals surface area contributed by atoms with Crippen molar-refractivity contribution in [3.63, 3.8) is 0 Å². The SMILES string of the molecule is COc1c(-c2nc(Cl)nc(C)c2[N+](=O)[O-])ccc(C)c1C. The second-order valence-corrected chi connectivity index (χ2v) is 4.96. The second kappa shape index (κ2) is 5.65. The largest absolute Gasteiger partial charge is 0.496 e. The normalized spacial score (nSPS) is 10.5. The minimum atomic E-state index is -0.504. The molecule has 110 valence electrons. The summed E-state index contributed by atoms with van der Waals surface area (Å²) in [7, 11) is 1.52. The molecule has 0 aliphatic heterocycles. The lowest BCUT2D eigenvalue weighted by molar-refractivity contribution is -0.385. The van der Waals surface area contributed by atoms with Crippen LogP contribution in [0.3, 0.4) is 0 Å². The molecule has 2 aromatic rings. The number of nitrogens with zero attached hydrogens (tertiary/aromatic N) is 3. The Morgan fingerprint density at radius 1 is 1.24 bits per heavy atom. The Morgan fingerprint density at radius 3 is 2.48 bits per heavy atom. The molecule has 2 rings (SSSR count). The summed E-state index contributed by atoms with van der Waals surface area (Å²) in [6, 6.07) is 3.61. The van der Waals surface area contributed by atoms with Gasteiger partial charge in [-0.3, -0.25) is 10.1 Å². The first kappa shape index (κ1) is 15.2. The Kier molecular flexibility index (Phi) is 4.09. The van der Waals surface area contributed by atoms with Crippen LogP contribution in [0.1, 0.15) is 16.8 Å². The van der Waals surface area contributed by atoms with E-state index in [1.165, 1.54) is 14.0 Å². The summed E-state index contributed by atoms with van der Waals surface area (Å²) in [6.45, 7) is 5.36. The third-order valence-electron chi connectivity index (χ3n) is 3.35. The van der Waals surface area contributed by atoms with E-state index < -0.39 is 4.92 Å². The van der Waals surface area contributed by atoms with Gasteiger partial charge in [-0.05, 0) is 49.6 Å². The van der Waals surface area contributed by atoms with Crippen molar-refractivity contribution >= 4 is 17.3 Å². The Morgan fingerprint density at radius 2 is 1.90 bits per heavy atom. The zero-order valence-corrected chi connectivity index (χ0v) is 12.9. The van der Waals surface area contributed by atoms with Gasteiger partial charge in [0.15, 0.2) is 5.69 Å². The molecule has 0 saturated carbocycles. The number of hydrogen-bond acceptors (Lipinski definition) is 5. The third-order valence-corrected chi connectivity index (χ3v) is 3.52. The summed E-state index contributed by atoms with van der Waals surface area (Å²) < 4.78 is 5.40. The van der Waals surface area contributed by atoms with Gasteiger partial charge in [0, 0.05) is 5.56 Å². The van der Waals surface area contributed by atoms with E-state index in [9.17, 15) is 10.1 Å². The van der Waals surface area contributed by atoms with Gasteiger partial charge >= 0.3 is 5.69 Å². The van der Waals surface area contributed by atoms with Crippen LogP contribution in [0, 0.1) is 30.9 Å². The average molecular weight is 308 g/mol. The van der Waals surface area contributed by atoms with Crippen molar-refractivity contribution in [2.45, 2.75) is 20.8 Å². The minimum Gasteiger partial charge on any atom is -0.496 e. The third kappa shape index (κ3) is 2.67. The van der Waals surface area contributed by atoms with Crippen molar-refractivity contribution in [3.05, 3.63) is 44.4 Å². The topological polar surface area (TPSA) is 78.2 Å². The van der Waals surface area contributed by atoms with Gasteiger partial charge in [0.05, 0.1) is 12.0 Å². The average Bonchev–Trinajstić information content (AvgIpc) is 2.40. The van der Waals surface area contributed by atoms with E-state index in [-0.39, 0.29) is 22.4 Å². The fourth-order valence-electron chi connectivity index (χ4n) is 2.18. The second-order valence-electron chi connectivity index (χ2n) is 4.62. The molecule has 1 aromatic carbocycles. The fourth-order valence-corrected chi connectivity index (χ4v) is 2.39. The quantitative estimate of drug-likeness (QED) is 0.491. The molecule has 6 nitrogen and oxygen atoms in total. The highest BCUT2D eigenvalue weighted by Gasteiger charge is 2.26. The lowest BCUT2D eigenvalue weighted by atomic mass is 10.0. The van der Waals surface area contributed by atoms with E-state index in [4.69, 9.17) is 16.3 Å². The fraction of sp³-hybridized carbons (Fsp3) is 0.286. The van der Waals surface area contributed by atoms with Crippen molar-refractivity contribution in [2.75, 3.05) is 7.11 Å². The maximum atomic E-state index is 11.3. The van der Waals surface area contributed by atoms with Crippen LogP contribution < -0.4 is 4.74 Å². The van der Waals surface area contributed by atoms with E-state index in [0.717, 1.165) is 11.1 Å². The smallest absolute Gasteiger partial charge is 0.316 e. The van der Waals surface area contributed by atoms with Crippen molar-refractivity contribution in [1.29, 1.82) is 0 Å². The predicted molar refractivity (Wildman–Crippen MR) is 79.9 cm³/mol. The molecule has 0 bridgehead atoms. The molecule has 1 heterocycles. The molecule has 21 heavy (non-hydrogen) atoms. The van der Waals surface area contributed by atoms with Crippen LogP contribution in [-0.2, 0) is 0 Å². The van der Waals surface area contributed by atoms with Crippen molar-refractivity contribution < 1.29 is 9.66 Å². The van der Waals surface area contributed by atoms with Crippen LogP contribution in [0.25, 0.3) is 11.3 Å². The van der Waals surface area contributed by atoms with Gasteiger partial charge in [0.1, 0.15) is 11.4 Å². The first-order valence-electron chi connectivity index (χ1n) is 6.20. The van der Waals surface area contributed by atoms with E-state index in [2.05, 4.69) is 9.97 Å². The molecule has 0 saturated heterocycles. The summed E-state index contributed by atoms with van der Waals surface area (Å²) >= 11 is 5.86. The first-order valence-corrected chi connectivity index (χ1v) is 6.57. The van der Waals surface area contributed by atoms with E-state index in [0.29, 0.717) is 11.3 Å². The van der Waals surface area contributed by atoms with Gasteiger partial charge in [0.2, 0.25) is 5.28 Å². The standard InChI is InChI=1S/C14H14ClN3O3/c1-7-5-6-10(13(21-4)8(7)2)11-12(18(19)20)9(3)16-14(15)17-11/h5-6H,1-4H3. The van der Waals surface area contributed by atoms with Gasteiger partial charge in [-0.2, -0.15) is 0 Å². The number of ether oxygens (including phenoxy) is 1. The van der Waals surface area contributed by atoms with Crippen molar-refractivity contribution in [2.24, 2.45) is 0 Å². The van der Waals surface area contributed by atoms with Gasteiger partial charge in [-0.1, -0.05) is 6.07 Å². The molecule has 0 aliphatic rings. The maximum absolute atomic E-state index is 11.3. The summed E-state index contributed by atoms with van der Waals surface area (Å²) in [5.41, 5.74) is 2.67. The number of nitro groups is 1. The van der Waals surface area contributed by atoms with E-state index >= 15 is 0 Å². The minimum absolute atomic E-state index is 0.0339. The lowest BCUT2D eigenvalue weighted by Gasteiger charge is -2.13. The van der Waals surface area contributed by atoms with Crippen LogP contribution >= 0.6 is 11.6 Å². The molecular formula is C14H14ClN3O3. The first-order chi connectivity index (χ1) is 9.86. The molecule has 1 aromatic heterocycles. The molecule has 0 fully saturated rings. The van der Waals surface area contributed by atoms with Crippen molar-refractivity contribution in [3.8, 4) is 17.0 Å². The summed E-state index contributed by atoms with van der Waals surface area (Å²) in [4.78, 5) is 18.7. The molecule has 0 unspecified atom stereocenters. The van der Waals surface area contributed by atoms with E-state index in [1.807, 2.05) is 19.9 Å². The molecule has 0 N–H and O–H groups in total. The number of benzene rings is 1. The predicted octanol–water partition coefficient (Wildman–Crippen LogP) is 3.64. The van der Waals surface area contributed by atoms with Crippen LogP contribution in [0.2, 0.25) is 5.28 Å². The molecule has 0 aliphatic carbocycles. The monoisotopic (exact) mass is 307 g/mol. The van der Waals surface area contributed by atoms with Crippen LogP contribution in [0.4, 0.5) is 5.69 Å². The van der Waals surface area contributed by atoms with Crippen LogP contribution in [0.5, 0.6) is 5.75 Å². The number of aromatic nitrogens is 2. The summed E-state index contributed by atoms with van der Waals surface area (Å²) in [6.07, 6.45) is 0. The van der Waals surface area contributed by atoms with Crippen molar-refractivity contribution in [1.82, 2.24) is 9.97 Å².